The van der Waals surface area contributed by atoms with Crippen molar-refractivity contribution in [2.24, 2.45) is 5.73 Å². The van der Waals surface area contributed by atoms with Gasteiger partial charge in [0.05, 0.1) is 12.1 Å². The molecule has 0 bridgehead atoms. The fourth-order valence-corrected chi connectivity index (χ4v) is 1.93. The fraction of sp³-hybridized carbons (Fsp3) is 0.167. The molecule has 2 aromatic rings. The maximum Gasteiger partial charge on any atom is 0.137 e. The van der Waals surface area contributed by atoms with Gasteiger partial charge in [0, 0.05) is 24.5 Å². The monoisotopic (exact) mass is 236 g/mol. The molecule has 3 nitrogen and oxygen atoms in total. The average Bonchev–Trinajstić information content (AvgIpc) is 2.77. The van der Waals surface area contributed by atoms with Gasteiger partial charge in [-0.05, 0) is 23.3 Å². The number of aromatic nitrogens is 1. The lowest BCUT2D eigenvalue weighted by Crippen LogP contribution is -1.96. The third-order valence-electron chi connectivity index (χ3n) is 2.51. The number of hydrogen-bond acceptors (Lipinski definition) is 2. The lowest BCUT2D eigenvalue weighted by Gasteiger charge is -2.06. The lowest BCUT2D eigenvalue weighted by atomic mass is 10.0. The van der Waals surface area contributed by atoms with Crippen LogP contribution in [0.15, 0.2) is 30.6 Å². The van der Waals surface area contributed by atoms with E-state index in [-0.39, 0.29) is 0 Å². The van der Waals surface area contributed by atoms with Crippen LogP contribution in [0.4, 0.5) is 0 Å². The quantitative estimate of drug-likeness (QED) is 0.861. The van der Waals surface area contributed by atoms with E-state index < -0.39 is 0 Å². The molecule has 2 rings (SSSR count). The molecule has 0 aliphatic heterocycles. The Kier molecular flexibility index (Phi) is 3.17. The van der Waals surface area contributed by atoms with Crippen LogP contribution in [0.2, 0.25) is 5.02 Å². The normalized spacial score (nSPS) is 10.4. The standard InChI is InChI=1S/C12H13ClN2O/c1-16-12-3-2-8(4-11(12)13)10-7-15-6-9(10)5-14/h2-4,6-7,15H,5,14H2,1H3. The molecule has 0 saturated heterocycles. The molecule has 1 aromatic carbocycles. The highest BCUT2D eigenvalue weighted by Crippen LogP contribution is 2.31. The minimum absolute atomic E-state index is 0.502. The Bertz CT molecular complexity index is 494. The number of H-pyrrole nitrogens is 1. The molecule has 0 unspecified atom stereocenters. The van der Waals surface area contributed by atoms with E-state index in [0.717, 1.165) is 16.7 Å². The lowest BCUT2D eigenvalue weighted by molar-refractivity contribution is 0.415. The number of methoxy groups -OCH3 is 1. The molecule has 0 amide bonds. The number of aromatic amines is 1. The Hall–Kier alpha value is -1.45. The molecule has 0 aliphatic rings. The molecule has 0 fully saturated rings. The Labute approximate surface area is 99.2 Å². The van der Waals surface area contributed by atoms with Crippen molar-refractivity contribution in [1.82, 2.24) is 4.98 Å². The zero-order valence-electron chi connectivity index (χ0n) is 8.96. The highest BCUT2D eigenvalue weighted by Gasteiger charge is 2.07. The van der Waals surface area contributed by atoms with Crippen molar-refractivity contribution in [2.75, 3.05) is 7.11 Å². The molecule has 84 valence electrons. The minimum Gasteiger partial charge on any atom is -0.495 e. The van der Waals surface area contributed by atoms with Crippen molar-refractivity contribution < 1.29 is 4.74 Å². The second kappa shape index (κ2) is 4.60. The Morgan fingerprint density at radius 3 is 2.81 bits per heavy atom. The van der Waals surface area contributed by atoms with Gasteiger partial charge in [0.15, 0.2) is 0 Å². The number of nitrogens with one attached hydrogen (secondary N) is 1. The van der Waals surface area contributed by atoms with E-state index in [1.54, 1.807) is 7.11 Å². The largest absolute Gasteiger partial charge is 0.495 e. The highest BCUT2D eigenvalue weighted by atomic mass is 35.5. The highest BCUT2D eigenvalue weighted by molar-refractivity contribution is 6.32. The molecular formula is C12H13ClN2O. The van der Waals surface area contributed by atoms with E-state index in [2.05, 4.69) is 4.98 Å². The summed E-state index contributed by atoms with van der Waals surface area (Å²) in [5, 5.41) is 0.601. The van der Waals surface area contributed by atoms with Crippen molar-refractivity contribution >= 4 is 11.6 Å². The molecule has 1 aromatic heterocycles. The van der Waals surface area contributed by atoms with Crippen LogP contribution in [-0.4, -0.2) is 12.1 Å². The number of ether oxygens (including phenoxy) is 1. The van der Waals surface area contributed by atoms with Crippen molar-refractivity contribution in [3.05, 3.63) is 41.2 Å². The number of hydrogen-bond donors (Lipinski definition) is 2. The summed E-state index contributed by atoms with van der Waals surface area (Å²) in [5.74, 6) is 0.676. The van der Waals surface area contributed by atoms with Gasteiger partial charge in [-0.3, -0.25) is 0 Å². The van der Waals surface area contributed by atoms with E-state index >= 15 is 0 Å². The van der Waals surface area contributed by atoms with Crippen molar-refractivity contribution in [3.63, 3.8) is 0 Å². The molecule has 0 radical (unpaired) electrons. The molecule has 0 saturated carbocycles. The smallest absolute Gasteiger partial charge is 0.137 e. The minimum atomic E-state index is 0.502. The summed E-state index contributed by atoms with van der Waals surface area (Å²) >= 11 is 6.08. The molecule has 0 aliphatic carbocycles. The van der Waals surface area contributed by atoms with Gasteiger partial charge in [-0.25, -0.2) is 0 Å². The summed E-state index contributed by atoms with van der Waals surface area (Å²) in [6, 6.07) is 5.70. The van der Waals surface area contributed by atoms with Crippen LogP contribution in [-0.2, 0) is 6.54 Å². The Morgan fingerprint density at radius 1 is 1.38 bits per heavy atom. The predicted octanol–water partition coefficient (Wildman–Crippen LogP) is 2.80. The number of halogens is 1. The van der Waals surface area contributed by atoms with E-state index in [1.807, 2.05) is 30.6 Å². The zero-order valence-corrected chi connectivity index (χ0v) is 9.71. The summed E-state index contributed by atoms with van der Waals surface area (Å²) in [5.41, 5.74) is 8.83. The van der Waals surface area contributed by atoms with Crippen molar-refractivity contribution in [3.8, 4) is 16.9 Å². The van der Waals surface area contributed by atoms with Crippen LogP contribution < -0.4 is 10.5 Å². The zero-order chi connectivity index (χ0) is 11.5. The molecule has 16 heavy (non-hydrogen) atoms. The van der Waals surface area contributed by atoms with Crippen LogP contribution in [0.1, 0.15) is 5.56 Å². The SMILES string of the molecule is COc1ccc(-c2c[nH]cc2CN)cc1Cl. The summed E-state index contributed by atoms with van der Waals surface area (Å²) in [7, 11) is 1.60. The molecule has 1 heterocycles. The molecule has 3 N–H and O–H groups in total. The van der Waals surface area contributed by atoms with Gasteiger partial charge in [0.1, 0.15) is 5.75 Å². The first kappa shape index (κ1) is 11.0. The first-order valence-corrected chi connectivity index (χ1v) is 5.33. The molecule has 0 spiro atoms. The molecular weight excluding hydrogens is 224 g/mol. The van der Waals surface area contributed by atoms with Crippen LogP contribution in [0, 0.1) is 0 Å². The second-order valence-electron chi connectivity index (χ2n) is 3.45. The van der Waals surface area contributed by atoms with Crippen LogP contribution in [0.25, 0.3) is 11.1 Å². The maximum atomic E-state index is 6.08. The first-order chi connectivity index (χ1) is 7.76. The van der Waals surface area contributed by atoms with Crippen LogP contribution in [0.3, 0.4) is 0 Å². The Morgan fingerprint density at radius 2 is 2.19 bits per heavy atom. The van der Waals surface area contributed by atoms with E-state index in [9.17, 15) is 0 Å². The van der Waals surface area contributed by atoms with Gasteiger partial charge in [0.2, 0.25) is 0 Å². The number of nitrogens with two attached hydrogens (primary N) is 1. The van der Waals surface area contributed by atoms with E-state index in [1.165, 1.54) is 0 Å². The van der Waals surface area contributed by atoms with Gasteiger partial charge in [0.25, 0.3) is 0 Å². The van der Waals surface area contributed by atoms with Gasteiger partial charge in [-0.2, -0.15) is 0 Å². The van der Waals surface area contributed by atoms with Gasteiger partial charge in [-0.15, -0.1) is 0 Å². The van der Waals surface area contributed by atoms with E-state index in [4.69, 9.17) is 22.1 Å². The van der Waals surface area contributed by atoms with Gasteiger partial charge >= 0.3 is 0 Å². The third-order valence-corrected chi connectivity index (χ3v) is 2.81. The van der Waals surface area contributed by atoms with Gasteiger partial charge in [-0.1, -0.05) is 17.7 Å². The van der Waals surface area contributed by atoms with E-state index in [0.29, 0.717) is 17.3 Å². The maximum absolute atomic E-state index is 6.08. The molecule has 4 heteroatoms. The predicted molar refractivity (Wildman–Crippen MR) is 65.7 cm³/mol. The average molecular weight is 237 g/mol. The van der Waals surface area contributed by atoms with Crippen molar-refractivity contribution in [1.29, 1.82) is 0 Å². The topological polar surface area (TPSA) is 51.0 Å². The fourth-order valence-electron chi connectivity index (χ4n) is 1.67. The number of benzene rings is 1. The van der Waals surface area contributed by atoms with Crippen LogP contribution in [0.5, 0.6) is 5.75 Å². The van der Waals surface area contributed by atoms with Crippen molar-refractivity contribution in [2.45, 2.75) is 6.54 Å². The summed E-state index contributed by atoms with van der Waals surface area (Å²) in [6.45, 7) is 0.502. The summed E-state index contributed by atoms with van der Waals surface area (Å²) in [4.78, 5) is 3.04. The molecule has 0 atom stereocenters. The number of rotatable bonds is 3. The van der Waals surface area contributed by atoms with Crippen LogP contribution >= 0.6 is 11.6 Å². The summed E-state index contributed by atoms with van der Waals surface area (Å²) < 4.78 is 5.11. The summed E-state index contributed by atoms with van der Waals surface area (Å²) in [6.07, 6.45) is 3.81. The second-order valence-corrected chi connectivity index (χ2v) is 3.85. The third kappa shape index (κ3) is 1.92. The first-order valence-electron chi connectivity index (χ1n) is 4.96. The van der Waals surface area contributed by atoms with Gasteiger partial charge < -0.3 is 15.5 Å². The Balaban J connectivity index is 2.45.